The Morgan fingerprint density at radius 1 is 1.03 bits per heavy atom. The molecule has 0 spiro atoms. The summed E-state index contributed by atoms with van der Waals surface area (Å²) in [5, 5.41) is 11.7. The number of rotatable bonds is 4. The van der Waals surface area contributed by atoms with Crippen LogP contribution in [0.3, 0.4) is 0 Å². The molecule has 6 nitrogen and oxygen atoms in total. The largest absolute Gasteiger partial charge is 0.354 e. The van der Waals surface area contributed by atoms with Gasteiger partial charge in [-0.1, -0.05) is 34.6 Å². The molecule has 2 aromatic heterocycles. The summed E-state index contributed by atoms with van der Waals surface area (Å²) < 4.78 is 14.5. The van der Waals surface area contributed by atoms with Gasteiger partial charge in [0.05, 0.1) is 11.2 Å². The van der Waals surface area contributed by atoms with Crippen LogP contribution in [0.15, 0.2) is 24.5 Å². The van der Waals surface area contributed by atoms with Crippen LogP contribution in [0, 0.1) is 11.2 Å². The Bertz CT molecular complexity index is 989. The van der Waals surface area contributed by atoms with Crippen LogP contribution in [0.4, 0.5) is 10.2 Å². The normalized spacial score (nSPS) is 16.8. The Hall–Kier alpha value is -2.54. The molecule has 1 aliphatic carbocycles. The number of aromatic nitrogens is 4. The Kier molecular flexibility index (Phi) is 7.59. The molecular weight excluding hydrogens is 391 g/mol. The molecular formula is C24H35FN6. The average molecular weight is 427 g/mol. The highest BCUT2D eigenvalue weighted by Gasteiger charge is 2.37. The third-order valence-electron chi connectivity index (χ3n) is 5.79. The minimum absolute atomic E-state index is 0.157. The smallest absolute Gasteiger partial charge is 0.132 e. The number of hydrogen-bond donors (Lipinski definition) is 2. The number of nitrogens with one attached hydrogen (secondary N) is 2. The van der Waals surface area contributed by atoms with E-state index in [1.54, 1.807) is 12.4 Å². The van der Waals surface area contributed by atoms with E-state index in [1.807, 2.05) is 39.8 Å². The molecule has 2 N–H and O–H groups in total. The summed E-state index contributed by atoms with van der Waals surface area (Å²) in [5.74, 6) is 0.750. The van der Waals surface area contributed by atoms with Gasteiger partial charge in [-0.05, 0) is 42.4 Å². The molecule has 0 atom stereocenters. The highest BCUT2D eigenvalue weighted by molar-refractivity contribution is 5.92. The predicted molar refractivity (Wildman–Crippen MR) is 126 cm³/mol. The summed E-state index contributed by atoms with van der Waals surface area (Å²) in [4.78, 5) is 11.1. The maximum atomic E-state index is 14.5. The van der Waals surface area contributed by atoms with Crippen molar-refractivity contribution >= 4 is 16.7 Å². The van der Waals surface area contributed by atoms with Crippen molar-refractivity contribution in [2.45, 2.75) is 53.9 Å². The number of fused-ring (bicyclic) bond motifs is 1. The third-order valence-corrected chi connectivity index (χ3v) is 5.79. The van der Waals surface area contributed by atoms with E-state index in [9.17, 15) is 4.39 Å². The van der Waals surface area contributed by atoms with Gasteiger partial charge in [-0.3, -0.25) is 5.10 Å². The lowest BCUT2D eigenvalue weighted by molar-refractivity contribution is 0.535. The van der Waals surface area contributed by atoms with Crippen molar-refractivity contribution in [3.63, 3.8) is 0 Å². The second-order valence-corrected chi connectivity index (χ2v) is 8.05. The van der Waals surface area contributed by atoms with Crippen LogP contribution < -0.4 is 10.2 Å². The van der Waals surface area contributed by atoms with Crippen LogP contribution in [0.25, 0.3) is 22.3 Å². The third kappa shape index (κ3) is 5.21. The number of aromatic amines is 1. The fourth-order valence-corrected chi connectivity index (χ4v) is 3.81. The Morgan fingerprint density at radius 2 is 1.74 bits per heavy atom. The lowest BCUT2D eigenvalue weighted by Crippen LogP contribution is -2.43. The molecule has 1 aromatic carbocycles. The van der Waals surface area contributed by atoms with Gasteiger partial charge in [0.2, 0.25) is 0 Å². The van der Waals surface area contributed by atoms with Crippen molar-refractivity contribution in [1.82, 2.24) is 25.5 Å². The highest BCUT2D eigenvalue weighted by Crippen LogP contribution is 2.48. The minimum atomic E-state index is -0.157. The quantitative estimate of drug-likeness (QED) is 0.617. The van der Waals surface area contributed by atoms with Crippen molar-refractivity contribution in [1.29, 1.82) is 0 Å². The molecule has 0 radical (unpaired) electrons. The van der Waals surface area contributed by atoms with Gasteiger partial charge in [-0.2, -0.15) is 5.10 Å². The number of halogens is 1. The van der Waals surface area contributed by atoms with Gasteiger partial charge >= 0.3 is 0 Å². The zero-order valence-corrected chi connectivity index (χ0v) is 19.4. The maximum Gasteiger partial charge on any atom is 0.132 e. The monoisotopic (exact) mass is 426 g/mol. The molecule has 168 valence electrons. The van der Waals surface area contributed by atoms with Gasteiger partial charge in [-0.25, -0.2) is 14.4 Å². The van der Waals surface area contributed by atoms with Gasteiger partial charge in [0.25, 0.3) is 0 Å². The standard InChI is InChI=1S/C20H23FN6.2C2H6/c1-20(2-3-20)11-13-8-14-16(9-15(13)21)25-26-19(14)17-10-18(24-12-23-17)27-6-4-22-5-7-27;2*1-2/h8-10,12,22H,2-7,11H2,1H3,(H,25,26);2*1-2H3. The minimum Gasteiger partial charge on any atom is -0.354 e. The number of hydrogen-bond acceptors (Lipinski definition) is 5. The van der Waals surface area contributed by atoms with Crippen LogP contribution in [0.2, 0.25) is 0 Å². The van der Waals surface area contributed by atoms with Crippen molar-refractivity contribution < 1.29 is 4.39 Å². The SMILES string of the molecule is CC.CC.CC1(Cc2cc3c(-c4cc(N5CCNCC5)ncn4)n[nH]c3cc2F)CC1. The van der Waals surface area contributed by atoms with Gasteiger partial charge in [0, 0.05) is 37.6 Å². The van der Waals surface area contributed by atoms with Crippen molar-refractivity contribution in [2.75, 3.05) is 31.1 Å². The molecule has 1 saturated carbocycles. The molecule has 5 rings (SSSR count). The first-order valence-corrected chi connectivity index (χ1v) is 11.6. The van der Waals surface area contributed by atoms with Gasteiger partial charge in [-0.15, -0.1) is 0 Å². The summed E-state index contributed by atoms with van der Waals surface area (Å²) in [6, 6.07) is 5.48. The number of benzene rings is 1. The first kappa shape index (κ1) is 23.1. The average Bonchev–Trinajstić information content (AvgIpc) is 3.42. The maximum absolute atomic E-state index is 14.5. The summed E-state index contributed by atoms with van der Waals surface area (Å²) in [6.45, 7) is 14.0. The number of nitrogens with zero attached hydrogens (tertiary/aromatic N) is 4. The molecule has 2 aliphatic rings. The van der Waals surface area contributed by atoms with Gasteiger partial charge < -0.3 is 10.2 Å². The molecule has 1 saturated heterocycles. The molecule has 7 heteroatoms. The van der Waals surface area contributed by atoms with E-state index >= 15 is 0 Å². The Labute approximate surface area is 184 Å². The molecule has 2 fully saturated rings. The Balaban J connectivity index is 0.000000645. The second-order valence-electron chi connectivity index (χ2n) is 8.05. The van der Waals surface area contributed by atoms with Crippen LogP contribution in [-0.4, -0.2) is 46.3 Å². The molecule has 0 amide bonds. The summed E-state index contributed by atoms with van der Waals surface area (Å²) in [5.41, 5.74) is 3.24. The highest BCUT2D eigenvalue weighted by atomic mass is 19.1. The molecule has 31 heavy (non-hydrogen) atoms. The zero-order chi connectivity index (χ0) is 22.4. The summed E-state index contributed by atoms with van der Waals surface area (Å²) in [7, 11) is 0. The van der Waals surface area contributed by atoms with Crippen molar-refractivity contribution in [3.05, 3.63) is 35.9 Å². The number of H-pyrrole nitrogens is 1. The van der Waals surface area contributed by atoms with Crippen LogP contribution in [0.1, 0.15) is 53.0 Å². The van der Waals surface area contributed by atoms with E-state index in [1.165, 1.54) is 12.8 Å². The topological polar surface area (TPSA) is 69.7 Å². The summed E-state index contributed by atoms with van der Waals surface area (Å²) >= 11 is 0. The van der Waals surface area contributed by atoms with Crippen LogP contribution in [0.5, 0.6) is 0 Å². The Morgan fingerprint density at radius 3 is 2.42 bits per heavy atom. The second kappa shape index (κ2) is 10.2. The predicted octanol–water partition coefficient (Wildman–Crippen LogP) is 4.96. The van der Waals surface area contributed by atoms with Crippen LogP contribution >= 0.6 is 0 Å². The molecule has 0 bridgehead atoms. The number of anilines is 1. The van der Waals surface area contributed by atoms with Crippen molar-refractivity contribution in [3.8, 4) is 11.4 Å². The molecule has 3 aromatic rings. The van der Waals surface area contributed by atoms with E-state index in [4.69, 9.17) is 0 Å². The zero-order valence-electron chi connectivity index (χ0n) is 19.4. The van der Waals surface area contributed by atoms with Crippen LogP contribution in [-0.2, 0) is 6.42 Å². The molecule has 0 unspecified atom stereocenters. The van der Waals surface area contributed by atoms with E-state index in [-0.39, 0.29) is 11.2 Å². The molecule has 1 aliphatic heterocycles. The van der Waals surface area contributed by atoms with Gasteiger partial charge in [0.15, 0.2) is 0 Å². The fraction of sp³-hybridized carbons (Fsp3) is 0.542. The van der Waals surface area contributed by atoms with Gasteiger partial charge in [0.1, 0.15) is 23.7 Å². The lowest BCUT2D eigenvalue weighted by Gasteiger charge is -2.28. The first-order valence-electron chi connectivity index (χ1n) is 11.6. The first-order chi connectivity index (χ1) is 15.1. The summed E-state index contributed by atoms with van der Waals surface area (Å²) in [6.07, 6.45) is 4.70. The fourth-order valence-electron chi connectivity index (χ4n) is 3.81. The molecule has 3 heterocycles. The van der Waals surface area contributed by atoms with E-state index in [2.05, 4.69) is 37.3 Å². The van der Waals surface area contributed by atoms with E-state index in [0.717, 1.165) is 60.8 Å². The lowest BCUT2D eigenvalue weighted by atomic mass is 9.96. The van der Waals surface area contributed by atoms with E-state index in [0.29, 0.717) is 5.52 Å². The van der Waals surface area contributed by atoms with Crippen molar-refractivity contribution in [2.24, 2.45) is 5.41 Å². The van der Waals surface area contributed by atoms with E-state index < -0.39 is 0 Å². The number of piperazine rings is 1.